The lowest BCUT2D eigenvalue weighted by molar-refractivity contribution is -0.241. The van der Waals surface area contributed by atoms with Crippen LogP contribution in [0.1, 0.15) is 38.2 Å². The lowest BCUT2D eigenvalue weighted by Gasteiger charge is -2.32. The van der Waals surface area contributed by atoms with E-state index in [1.165, 1.54) is 12.1 Å². The highest BCUT2D eigenvalue weighted by Crippen LogP contribution is 2.41. The van der Waals surface area contributed by atoms with E-state index in [1.54, 1.807) is 12.1 Å². The summed E-state index contributed by atoms with van der Waals surface area (Å²) in [6.45, 7) is 2.25. The summed E-state index contributed by atoms with van der Waals surface area (Å²) in [4.78, 5) is 2.94. The molecule has 41 heavy (non-hydrogen) atoms. The van der Waals surface area contributed by atoms with Gasteiger partial charge in [0.1, 0.15) is 5.75 Å². The van der Waals surface area contributed by atoms with E-state index in [9.17, 15) is 26.0 Å². The first-order valence-electron chi connectivity index (χ1n) is 13.0. The molecule has 0 aromatic heterocycles. The topological polar surface area (TPSA) is 82.1 Å². The summed E-state index contributed by atoms with van der Waals surface area (Å²) in [5.41, 5.74) is 0.903. The largest absolute Gasteiger partial charge is 0.493 e. The summed E-state index contributed by atoms with van der Waals surface area (Å²) in [6, 6.07) is 24.4. The van der Waals surface area contributed by atoms with Crippen LogP contribution in [0, 0.1) is 0 Å². The molecule has 3 aromatic carbocycles. The molecule has 222 valence electrons. The van der Waals surface area contributed by atoms with Crippen molar-refractivity contribution in [3.05, 3.63) is 84.4 Å². The normalized spacial score (nSPS) is 17.3. The number of ether oxygens (including phenoxy) is 3. The number of alkyl halides is 4. The highest BCUT2D eigenvalue weighted by atomic mass is 32.2. The lowest BCUT2D eigenvalue weighted by Crippen LogP contribution is -2.47. The Bertz CT molecular complexity index is 1380. The summed E-state index contributed by atoms with van der Waals surface area (Å²) in [6.07, 6.45) is 1.41. The minimum Gasteiger partial charge on any atom is -0.493 e. The fourth-order valence-corrected chi connectivity index (χ4v) is 6.83. The van der Waals surface area contributed by atoms with Crippen LogP contribution < -0.4 is 4.74 Å². The summed E-state index contributed by atoms with van der Waals surface area (Å²) >= 11 is 0. The van der Waals surface area contributed by atoms with E-state index < -0.39 is 51.0 Å². The Hall–Kier alpha value is -2.64. The van der Waals surface area contributed by atoms with Gasteiger partial charge in [-0.3, -0.25) is 4.55 Å². The van der Waals surface area contributed by atoms with E-state index in [2.05, 4.69) is 0 Å². The van der Waals surface area contributed by atoms with Crippen LogP contribution in [0.2, 0.25) is 0 Å². The number of hydrogen-bond acceptors (Lipinski definition) is 5. The fourth-order valence-electron chi connectivity index (χ4n) is 4.28. The molecular formula is C29H31F4O6S2+. The minimum atomic E-state index is -6.29. The van der Waals surface area contributed by atoms with Crippen LogP contribution in [0.25, 0.3) is 0 Å². The Morgan fingerprint density at radius 1 is 0.829 bits per heavy atom. The molecule has 0 radical (unpaired) electrons. The highest BCUT2D eigenvalue weighted by Gasteiger charge is 2.65. The summed E-state index contributed by atoms with van der Waals surface area (Å²) in [7, 11) is -6.84. The summed E-state index contributed by atoms with van der Waals surface area (Å²) < 4.78 is 102. The van der Waals surface area contributed by atoms with Gasteiger partial charge in [-0.05, 0) is 86.8 Å². The van der Waals surface area contributed by atoms with Gasteiger partial charge in [-0.1, -0.05) is 18.2 Å². The lowest BCUT2D eigenvalue weighted by atomic mass is 10.1. The van der Waals surface area contributed by atoms with Crippen LogP contribution in [0.15, 0.2) is 93.5 Å². The van der Waals surface area contributed by atoms with Crippen molar-refractivity contribution in [2.75, 3.05) is 19.8 Å². The van der Waals surface area contributed by atoms with Gasteiger partial charge in [0.15, 0.2) is 20.5 Å². The predicted octanol–water partition coefficient (Wildman–Crippen LogP) is 7.06. The maximum absolute atomic E-state index is 13.8. The zero-order valence-corrected chi connectivity index (χ0v) is 23.9. The molecule has 1 unspecified atom stereocenters. The van der Waals surface area contributed by atoms with Gasteiger partial charge in [-0.15, -0.1) is 0 Å². The first-order valence-corrected chi connectivity index (χ1v) is 15.6. The van der Waals surface area contributed by atoms with E-state index in [4.69, 9.17) is 18.8 Å². The monoisotopic (exact) mass is 615 g/mol. The van der Waals surface area contributed by atoms with Gasteiger partial charge in [0.25, 0.3) is 0 Å². The molecule has 1 fully saturated rings. The standard InChI is InChI=1S/C29H30F4O6S2/c1-27(38-19-6-3-7-20-39-27)22-10-14-25(15-11-22)40(24-8-4-2-5-9-24)26-16-12-23(13-17-26)37-21-18-28(30,31)29(32,33)41(34,35)36/h2,4-5,8-17H,3,6-7,18-21H2,1H3/p+1. The zero-order chi connectivity index (χ0) is 29.7. The molecule has 4 rings (SSSR count). The molecule has 1 aliphatic heterocycles. The third-order valence-corrected chi connectivity index (χ3v) is 9.81. The number of rotatable bonds is 10. The molecule has 0 aliphatic carbocycles. The Labute approximate surface area is 239 Å². The molecule has 1 heterocycles. The van der Waals surface area contributed by atoms with Gasteiger partial charge in [0.2, 0.25) is 0 Å². The smallest absolute Gasteiger partial charge is 0.431 e. The van der Waals surface area contributed by atoms with Gasteiger partial charge in [-0.25, -0.2) is 0 Å². The van der Waals surface area contributed by atoms with Gasteiger partial charge < -0.3 is 14.2 Å². The second-order valence-electron chi connectivity index (χ2n) is 9.61. The summed E-state index contributed by atoms with van der Waals surface area (Å²) in [5, 5.41) is -5.63. The Kier molecular flexibility index (Phi) is 9.70. The van der Waals surface area contributed by atoms with Crippen molar-refractivity contribution in [2.24, 2.45) is 0 Å². The average molecular weight is 616 g/mol. The Balaban J connectivity index is 1.52. The number of benzene rings is 3. The molecule has 3 aromatic rings. The van der Waals surface area contributed by atoms with Crippen molar-refractivity contribution < 1.29 is 44.7 Å². The van der Waals surface area contributed by atoms with Crippen molar-refractivity contribution in [1.29, 1.82) is 0 Å². The molecule has 0 saturated carbocycles. The maximum atomic E-state index is 13.8. The molecule has 1 saturated heterocycles. The first-order chi connectivity index (χ1) is 19.3. The zero-order valence-electron chi connectivity index (χ0n) is 22.3. The average Bonchev–Trinajstić information content (AvgIpc) is 2.92. The molecule has 1 aliphatic rings. The maximum Gasteiger partial charge on any atom is 0.431 e. The third-order valence-electron chi connectivity index (χ3n) is 6.63. The van der Waals surface area contributed by atoms with Crippen LogP contribution in [0.3, 0.4) is 0 Å². The molecular weight excluding hydrogens is 584 g/mol. The first kappa shape index (κ1) is 31.3. The van der Waals surface area contributed by atoms with Crippen LogP contribution in [-0.4, -0.2) is 44.0 Å². The van der Waals surface area contributed by atoms with E-state index in [-0.39, 0.29) is 5.75 Å². The minimum absolute atomic E-state index is 0.137. The molecule has 1 N–H and O–H groups in total. The molecule has 0 spiro atoms. The Morgan fingerprint density at radius 2 is 1.34 bits per heavy atom. The van der Waals surface area contributed by atoms with E-state index in [0.717, 1.165) is 39.5 Å². The van der Waals surface area contributed by atoms with Crippen molar-refractivity contribution >= 4 is 21.0 Å². The van der Waals surface area contributed by atoms with Crippen molar-refractivity contribution in [2.45, 2.75) is 64.3 Å². The molecule has 0 bridgehead atoms. The Morgan fingerprint density at radius 3 is 1.88 bits per heavy atom. The molecule has 0 amide bonds. The van der Waals surface area contributed by atoms with Gasteiger partial charge >= 0.3 is 21.3 Å². The molecule has 1 atom stereocenters. The van der Waals surface area contributed by atoms with E-state index in [0.29, 0.717) is 13.2 Å². The van der Waals surface area contributed by atoms with Gasteiger partial charge in [0.05, 0.1) is 37.1 Å². The molecule has 6 nitrogen and oxygen atoms in total. The number of hydrogen-bond donors (Lipinski definition) is 1. The van der Waals surface area contributed by atoms with Crippen molar-refractivity contribution in [3.8, 4) is 5.75 Å². The molecule has 12 heteroatoms. The van der Waals surface area contributed by atoms with Crippen LogP contribution >= 0.6 is 0 Å². The SMILES string of the molecule is CC1(c2ccc([S+](c3ccccc3)c3ccc(OCCC(F)(F)C(F)(F)S(=O)(=O)O)cc3)cc2)OCCCCCO1. The third kappa shape index (κ3) is 7.23. The van der Waals surface area contributed by atoms with Crippen LogP contribution in [0.5, 0.6) is 5.75 Å². The highest BCUT2D eigenvalue weighted by molar-refractivity contribution is 7.97. The second-order valence-corrected chi connectivity index (χ2v) is 13.1. The van der Waals surface area contributed by atoms with Gasteiger partial charge in [-0.2, -0.15) is 26.0 Å². The number of halogens is 4. The fraction of sp³-hybridized carbons (Fsp3) is 0.379. The van der Waals surface area contributed by atoms with Crippen LogP contribution in [-0.2, 0) is 36.3 Å². The summed E-state index contributed by atoms with van der Waals surface area (Å²) in [5.74, 6) is -5.72. The van der Waals surface area contributed by atoms with Gasteiger partial charge in [0, 0.05) is 5.56 Å². The quantitative estimate of drug-likeness (QED) is 0.150. The van der Waals surface area contributed by atoms with Crippen molar-refractivity contribution in [3.63, 3.8) is 0 Å². The van der Waals surface area contributed by atoms with E-state index >= 15 is 0 Å². The van der Waals surface area contributed by atoms with Crippen molar-refractivity contribution in [1.82, 2.24) is 0 Å². The van der Waals surface area contributed by atoms with Crippen LogP contribution in [0.4, 0.5) is 17.6 Å². The predicted molar refractivity (Wildman–Crippen MR) is 146 cm³/mol. The second kappa shape index (κ2) is 12.7. The van der Waals surface area contributed by atoms with E-state index in [1.807, 2.05) is 61.5 Å².